The van der Waals surface area contributed by atoms with Crippen LogP contribution in [0.1, 0.15) is 72.1 Å². The largest absolute Gasteiger partial charge is 0.469 e. The van der Waals surface area contributed by atoms with Gasteiger partial charge in [0.2, 0.25) is 0 Å². The second-order valence-electron chi connectivity index (χ2n) is 10.9. The van der Waals surface area contributed by atoms with Gasteiger partial charge in [-0.05, 0) is 61.7 Å². The van der Waals surface area contributed by atoms with E-state index in [0.717, 1.165) is 44.9 Å². The Hall–Kier alpha value is -1.69. The summed E-state index contributed by atoms with van der Waals surface area (Å²) in [6, 6.07) is 0. The third-order valence-electron chi connectivity index (χ3n) is 9.77. The fourth-order valence-electron chi connectivity index (χ4n) is 8.21. The summed E-state index contributed by atoms with van der Waals surface area (Å²) in [6.45, 7) is 6.13. The highest BCUT2D eigenvalue weighted by atomic mass is 16.6. The van der Waals surface area contributed by atoms with Crippen molar-refractivity contribution in [2.24, 2.45) is 28.6 Å². The van der Waals surface area contributed by atoms with Crippen LogP contribution in [0, 0.1) is 28.6 Å². The standard InChI is InChI=1S/C25H34O6/c1-14(26)30-16-7-9-23(2)15(11-16)5-6-17-18(23)8-10-24(3)19(17)12-21-25(24,31-21)20(27)13-22(28)29-4/h5,16-19,21H,6-13H2,1-4H3/t16-,17+,18-,19-,21-,23-,24-,25-/m0/s1. The molecule has 0 N–H and O–H groups in total. The molecule has 170 valence electrons. The summed E-state index contributed by atoms with van der Waals surface area (Å²) in [4.78, 5) is 36.4. The van der Waals surface area contributed by atoms with Gasteiger partial charge in [-0.1, -0.05) is 25.5 Å². The molecule has 0 bridgehead atoms. The molecule has 0 aromatic heterocycles. The zero-order chi connectivity index (χ0) is 22.2. The molecule has 0 spiro atoms. The van der Waals surface area contributed by atoms with Crippen molar-refractivity contribution >= 4 is 17.7 Å². The van der Waals surface area contributed by atoms with Crippen molar-refractivity contribution in [2.45, 2.75) is 89.9 Å². The van der Waals surface area contributed by atoms with Crippen LogP contribution in [-0.2, 0) is 28.6 Å². The Morgan fingerprint density at radius 3 is 2.65 bits per heavy atom. The molecule has 0 aromatic carbocycles. The molecular formula is C25H34O6. The number of esters is 2. The van der Waals surface area contributed by atoms with Crippen LogP contribution in [0.15, 0.2) is 11.6 Å². The van der Waals surface area contributed by atoms with Gasteiger partial charge in [0.05, 0.1) is 13.2 Å². The van der Waals surface area contributed by atoms with Gasteiger partial charge in [0, 0.05) is 18.8 Å². The second-order valence-corrected chi connectivity index (χ2v) is 10.9. The minimum Gasteiger partial charge on any atom is -0.469 e. The van der Waals surface area contributed by atoms with Crippen molar-refractivity contribution in [1.82, 2.24) is 0 Å². The number of carbonyl (C=O) groups is 3. The van der Waals surface area contributed by atoms with Gasteiger partial charge >= 0.3 is 11.9 Å². The van der Waals surface area contributed by atoms with Crippen LogP contribution in [0.25, 0.3) is 0 Å². The minimum absolute atomic E-state index is 0.00830. The van der Waals surface area contributed by atoms with Gasteiger partial charge in [-0.25, -0.2) is 0 Å². The minimum atomic E-state index is -0.783. The molecule has 6 heteroatoms. The number of epoxide rings is 1. The van der Waals surface area contributed by atoms with Crippen molar-refractivity contribution in [3.8, 4) is 0 Å². The van der Waals surface area contributed by atoms with Crippen LogP contribution in [0.5, 0.6) is 0 Å². The van der Waals surface area contributed by atoms with Crippen molar-refractivity contribution in [1.29, 1.82) is 0 Å². The molecule has 0 radical (unpaired) electrons. The van der Waals surface area contributed by atoms with Gasteiger partial charge in [0.15, 0.2) is 11.4 Å². The van der Waals surface area contributed by atoms with E-state index < -0.39 is 11.6 Å². The first-order valence-electron chi connectivity index (χ1n) is 11.8. The summed E-state index contributed by atoms with van der Waals surface area (Å²) in [5, 5.41) is 0. The van der Waals surface area contributed by atoms with E-state index in [-0.39, 0.29) is 41.2 Å². The predicted octanol–water partition coefficient (Wildman–Crippen LogP) is 3.76. The average Bonchev–Trinajstić information content (AvgIpc) is 3.40. The Morgan fingerprint density at radius 2 is 1.94 bits per heavy atom. The number of carbonyl (C=O) groups excluding carboxylic acids is 3. The fourth-order valence-corrected chi connectivity index (χ4v) is 8.21. The number of fused-ring (bicyclic) bond motifs is 7. The Bertz CT molecular complexity index is 862. The van der Waals surface area contributed by atoms with Crippen molar-refractivity contribution in [2.75, 3.05) is 7.11 Å². The van der Waals surface area contributed by atoms with Gasteiger partial charge in [0.25, 0.3) is 0 Å². The molecular weight excluding hydrogens is 396 g/mol. The Morgan fingerprint density at radius 1 is 1.16 bits per heavy atom. The van der Waals surface area contributed by atoms with E-state index in [9.17, 15) is 14.4 Å². The number of allylic oxidation sites excluding steroid dienone is 1. The first kappa shape index (κ1) is 21.2. The number of methoxy groups -OCH3 is 1. The van der Waals surface area contributed by atoms with Gasteiger partial charge < -0.3 is 14.2 Å². The Balaban J connectivity index is 1.39. The smallest absolute Gasteiger partial charge is 0.313 e. The van der Waals surface area contributed by atoms with E-state index >= 15 is 0 Å². The maximum Gasteiger partial charge on any atom is 0.313 e. The fraction of sp³-hybridized carbons (Fsp3) is 0.800. The van der Waals surface area contributed by atoms with Crippen molar-refractivity contribution in [3.63, 3.8) is 0 Å². The molecule has 6 nitrogen and oxygen atoms in total. The molecule has 0 aromatic rings. The molecule has 5 aliphatic rings. The van der Waals surface area contributed by atoms with Gasteiger partial charge in [-0.2, -0.15) is 0 Å². The molecule has 1 saturated heterocycles. The van der Waals surface area contributed by atoms with E-state index in [1.165, 1.54) is 19.6 Å². The molecule has 0 amide bonds. The third kappa shape index (κ3) is 2.82. The normalized spacial score (nSPS) is 47.1. The zero-order valence-corrected chi connectivity index (χ0v) is 19.1. The first-order chi connectivity index (χ1) is 14.7. The Labute approximate surface area is 184 Å². The molecule has 1 aliphatic heterocycles. The number of hydrogen-bond donors (Lipinski definition) is 0. The molecule has 8 atom stereocenters. The number of hydrogen-bond acceptors (Lipinski definition) is 6. The lowest BCUT2D eigenvalue weighted by molar-refractivity contribution is -0.152. The first-order valence-corrected chi connectivity index (χ1v) is 11.8. The third-order valence-corrected chi connectivity index (χ3v) is 9.77. The zero-order valence-electron chi connectivity index (χ0n) is 19.1. The predicted molar refractivity (Wildman–Crippen MR) is 112 cm³/mol. The van der Waals surface area contributed by atoms with Gasteiger partial charge in [-0.3, -0.25) is 14.4 Å². The van der Waals surface area contributed by atoms with E-state index in [1.807, 2.05) is 0 Å². The number of Topliss-reactive ketones (excluding diaryl/α,β-unsaturated/α-hetero) is 1. The maximum absolute atomic E-state index is 13.1. The van der Waals surface area contributed by atoms with Crippen LogP contribution in [0.3, 0.4) is 0 Å². The van der Waals surface area contributed by atoms with E-state index in [2.05, 4.69) is 19.9 Å². The quantitative estimate of drug-likeness (QED) is 0.292. The summed E-state index contributed by atoms with van der Waals surface area (Å²) < 4.78 is 16.3. The van der Waals surface area contributed by atoms with E-state index in [1.54, 1.807) is 0 Å². The van der Waals surface area contributed by atoms with Crippen LogP contribution in [0.4, 0.5) is 0 Å². The summed E-state index contributed by atoms with van der Waals surface area (Å²) in [5.74, 6) is 0.812. The average molecular weight is 431 g/mol. The molecule has 0 unspecified atom stereocenters. The highest BCUT2D eigenvalue weighted by Gasteiger charge is 2.80. The lowest BCUT2D eigenvalue weighted by Crippen LogP contribution is -2.54. The van der Waals surface area contributed by atoms with E-state index in [0.29, 0.717) is 17.8 Å². The SMILES string of the molecule is COC(=O)CC(=O)[C@]12O[C@H]1C[C@H]1[C@@H]3CC=C4C[C@@H](OC(C)=O)CC[C@]4(C)[C@H]3CC[C@@]12C. The summed E-state index contributed by atoms with van der Waals surface area (Å²) in [7, 11) is 1.33. The molecule has 4 fully saturated rings. The van der Waals surface area contributed by atoms with Gasteiger partial charge in [0.1, 0.15) is 12.5 Å². The molecule has 4 aliphatic carbocycles. The second kappa shape index (κ2) is 6.90. The monoisotopic (exact) mass is 430 g/mol. The summed E-state index contributed by atoms with van der Waals surface area (Å²) in [5.41, 5.74) is 0.623. The lowest BCUT2D eigenvalue weighted by Gasteiger charge is -2.58. The van der Waals surface area contributed by atoms with Gasteiger partial charge in [-0.15, -0.1) is 0 Å². The van der Waals surface area contributed by atoms with E-state index in [4.69, 9.17) is 14.2 Å². The van der Waals surface area contributed by atoms with Crippen LogP contribution < -0.4 is 0 Å². The summed E-state index contributed by atoms with van der Waals surface area (Å²) >= 11 is 0. The highest BCUT2D eigenvalue weighted by molar-refractivity contribution is 6.03. The van der Waals surface area contributed by atoms with Crippen LogP contribution >= 0.6 is 0 Å². The topological polar surface area (TPSA) is 82.2 Å². The summed E-state index contributed by atoms with van der Waals surface area (Å²) in [6.07, 6.45) is 8.99. The van der Waals surface area contributed by atoms with Crippen molar-refractivity contribution < 1.29 is 28.6 Å². The number of rotatable bonds is 4. The number of ether oxygens (including phenoxy) is 3. The number of ketones is 1. The molecule has 5 rings (SSSR count). The highest BCUT2D eigenvalue weighted by Crippen LogP contribution is 2.73. The molecule has 1 heterocycles. The Kier molecular flexibility index (Phi) is 4.71. The molecule has 31 heavy (non-hydrogen) atoms. The lowest BCUT2D eigenvalue weighted by atomic mass is 9.47. The maximum atomic E-state index is 13.1. The van der Waals surface area contributed by atoms with Crippen molar-refractivity contribution in [3.05, 3.63) is 11.6 Å². The van der Waals surface area contributed by atoms with Crippen LogP contribution in [0.2, 0.25) is 0 Å². The molecule has 3 saturated carbocycles. The van der Waals surface area contributed by atoms with Crippen LogP contribution in [-0.4, -0.2) is 42.6 Å².